The molecule has 0 atom stereocenters. The van der Waals surface area contributed by atoms with Crippen LogP contribution in [0.1, 0.15) is 30.2 Å². The van der Waals surface area contributed by atoms with E-state index in [-0.39, 0.29) is 0 Å². The van der Waals surface area contributed by atoms with Gasteiger partial charge in [-0.1, -0.05) is 13.0 Å². The molecule has 1 aromatic carbocycles. The van der Waals surface area contributed by atoms with Gasteiger partial charge < -0.3 is 10.3 Å². The Kier molecular flexibility index (Phi) is 3.01. The summed E-state index contributed by atoms with van der Waals surface area (Å²) in [5, 5.41) is 1.36. The number of benzene rings is 1. The van der Waals surface area contributed by atoms with Gasteiger partial charge in [-0.2, -0.15) is 0 Å². The number of aromatic nitrogens is 1. The van der Waals surface area contributed by atoms with Crippen LogP contribution in [0.4, 0.5) is 0 Å². The van der Waals surface area contributed by atoms with Gasteiger partial charge in [-0.3, -0.25) is 0 Å². The maximum Gasteiger partial charge on any atom is 0.0485 e. The van der Waals surface area contributed by atoms with Crippen molar-refractivity contribution in [2.24, 2.45) is 5.73 Å². The molecule has 0 fully saturated rings. The maximum atomic E-state index is 5.69. The molecule has 2 heteroatoms. The van der Waals surface area contributed by atoms with Crippen LogP contribution >= 0.6 is 0 Å². The lowest BCUT2D eigenvalue weighted by Gasteiger charge is -2.06. The van der Waals surface area contributed by atoms with E-state index in [1.807, 2.05) is 0 Å². The van der Waals surface area contributed by atoms with Gasteiger partial charge in [0, 0.05) is 29.7 Å². The lowest BCUT2D eigenvalue weighted by Crippen LogP contribution is -1.99. The first-order valence-corrected chi connectivity index (χ1v) is 5.97. The number of nitrogens with zero attached hydrogens (tertiary/aromatic N) is 1. The zero-order valence-corrected chi connectivity index (χ0v) is 10.4. The van der Waals surface area contributed by atoms with Gasteiger partial charge in [-0.05, 0) is 43.5 Å². The van der Waals surface area contributed by atoms with Crippen molar-refractivity contribution in [1.82, 2.24) is 4.57 Å². The third-order valence-corrected chi connectivity index (χ3v) is 3.39. The topological polar surface area (TPSA) is 30.9 Å². The van der Waals surface area contributed by atoms with Crippen LogP contribution in [0.2, 0.25) is 0 Å². The SMILES string of the molecule is CCCn1c(C)c(C)c2cc(CN)ccc21. The summed E-state index contributed by atoms with van der Waals surface area (Å²) in [5.74, 6) is 0. The van der Waals surface area contributed by atoms with Gasteiger partial charge in [0.1, 0.15) is 0 Å². The summed E-state index contributed by atoms with van der Waals surface area (Å²) in [5.41, 5.74) is 11.0. The molecule has 0 aliphatic carbocycles. The fraction of sp³-hybridized carbons (Fsp3) is 0.429. The molecular formula is C14H20N2. The monoisotopic (exact) mass is 216 g/mol. The molecular weight excluding hydrogens is 196 g/mol. The molecule has 0 amide bonds. The summed E-state index contributed by atoms with van der Waals surface area (Å²) in [6.07, 6.45) is 1.17. The summed E-state index contributed by atoms with van der Waals surface area (Å²) < 4.78 is 2.41. The Morgan fingerprint density at radius 2 is 2.00 bits per heavy atom. The highest BCUT2D eigenvalue weighted by molar-refractivity contribution is 5.86. The zero-order chi connectivity index (χ0) is 11.7. The second kappa shape index (κ2) is 4.30. The third-order valence-electron chi connectivity index (χ3n) is 3.39. The summed E-state index contributed by atoms with van der Waals surface area (Å²) in [4.78, 5) is 0. The number of aryl methyl sites for hydroxylation is 2. The van der Waals surface area contributed by atoms with Crippen LogP contribution in [0.15, 0.2) is 18.2 Å². The van der Waals surface area contributed by atoms with Crippen LogP contribution in [0, 0.1) is 13.8 Å². The minimum Gasteiger partial charge on any atom is -0.345 e. The summed E-state index contributed by atoms with van der Waals surface area (Å²) in [6.45, 7) is 8.33. The molecule has 2 aromatic rings. The Bertz CT molecular complexity index is 509. The first-order chi connectivity index (χ1) is 7.69. The van der Waals surface area contributed by atoms with Crippen molar-refractivity contribution in [3.63, 3.8) is 0 Å². The highest BCUT2D eigenvalue weighted by Crippen LogP contribution is 2.26. The summed E-state index contributed by atoms with van der Waals surface area (Å²) in [6, 6.07) is 6.56. The largest absolute Gasteiger partial charge is 0.345 e. The predicted molar refractivity (Wildman–Crippen MR) is 69.6 cm³/mol. The molecule has 86 valence electrons. The molecule has 0 saturated carbocycles. The number of rotatable bonds is 3. The van der Waals surface area contributed by atoms with E-state index in [0.29, 0.717) is 6.54 Å². The van der Waals surface area contributed by atoms with E-state index in [1.54, 1.807) is 0 Å². The molecule has 0 radical (unpaired) electrons. The molecule has 1 aromatic heterocycles. The van der Waals surface area contributed by atoms with Gasteiger partial charge in [0.15, 0.2) is 0 Å². The Morgan fingerprint density at radius 3 is 2.62 bits per heavy atom. The minimum atomic E-state index is 0.618. The smallest absolute Gasteiger partial charge is 0.0485 e. The molecule has 0 aliphatic rings. The van der Waals surface area contributed by atoms with Crippen LogP contribution < -0.4 is 5.73 Å². The molecule has 0 bridgehead atoms. The van der Waals surface area contributed by atoms with E-state index in [4.69, 9.17) is 5.73 Å². The normalized spacial score (nSPS) is 11.2. The van der Waals surface area contributed by atoms with E-state index in [9.17, 15) is 0 Å². The van der Waals surface area contributed by atoms with Crippen molar-refractivity contribution in [3.05, 3.63) is 35.0 Å². The molecule has 2 nitrogen and oxygen atoms in total. The number of hydrogen-bond donors (Lipinski definition) is 1. The molecule has 1 heterocycles. The van der Waals surface area contributed by atoms with Gasteiger partial charge in [0.2, 0.25) is 0 Å². The van der Waals surface area contributed by atoms with Crippen molar-refractivity contribution in [2.45, 2.75) is 40.3 Å². The molecule has 16 heavy (non-hydrogen) atoms. The average Bonchev–Trinajstić information content (AvgIpc) is 2.54. The maximum absolute atomic E-state index is 5.69. The Morgan fingerprint density at radius 1 is 1.25 bits per heavy atom. The minimum absolute atomic E-state index is 0.618. The second-order valence-electron chi connectivity index (χ2n) is 4.42. The highest BCUT2D eigenvalue weighted by Gasteiger charge is 2.10. The second-order valence-corrected chi connectivity index (χ2v) is 4.42. The molecule has 0 saturated heterocycles. The van der Waals surface area contributed by atoms with Crippen molar-refractivity contribution in [1.29, 1.82) is 0 Å². The Labute approximate surface area is 97.1 Å². The number of hydrogen-bond acceptors (Lipinski definition) is 1. The van der Waals surface area contributed by atoms with E-state index in [1.165, 1.54) is 34.1 Å². The van der Waals surface area contributed by atoms with Crippen LogP contribution in [-0.4, -0.2) is 4.57 Å². The fourth-order valence-electron chi connectivity index (χ4n) is 2.34. The van der Waals surface area contributed by atoms with E-state index in [0.717, 1.165) is 6.54 Å². The van der Waals surface area contributed by atoms with Gasteiger partial charge in [-0.15, -0.1) is 0 Å². The Balaban J connectivity index is 2.69. The van der Waals surface area contributed by atoms with E-state index < -0.39 is 0 Å². The average molecular weight is 216 g/mol. The fourth-order valence-corrected chi connectivity index (χ4v) is 2.34. The first-order valence-electron chi connectivity index (χ1n) is 5.97. The van der Waals surface area contributed by atoms with Crippen LogP contribution in [0.25, 0.3) is 10.9 Å². The number of fused-ring (bicyclic) bond motifs is 1. The third kappa shape index (κ3) is 1.63. The predicted octanol–water partition coefficient (Wildman–Crippen LogP) is 3.13. The van der Waals surface area contributed by atoms with Crippen LogP contribution in [-0.2, 0) is 13.1 Å². The van der Waals surface area contributed by atoms with Crippen LogP contribution in [0.3, 0.4) is 0 Å². The quantitative estimate of drug-likeness (QED) is 0.839. The van der Waals surface area contributed by atoms with Crippen molar-refractivity contribution >= 4 is 10.9 Å². The van der Waals surface area contributed by atoms with Gasteiger partial charge >= 0.3 is 0 Å². The molecule has 2 rings (SSSR count). The van der Waals surface area contributed by atoms with Crippen molar-refractivity contribution in [3.8, 4) is 0 Å². The number of nitrogens with two attached hydrogens (primary N) is 1. The van der Waals surface area contributed by atoms with E-state index in [2.05, 4.69) is 43.5 Å². The lowest BCUT2D eigenvalue weighted by molar-refractivity contribution is 0.684. The van der Waals surface area contributed by atoms with Gasteiger partial charge in [0.25, 0.3) is 0 Å². The van der Waals surface area contributed by atoms with Crippen LogP contribution in [0.5, 0.6) is 0 Å². The first kappa shape index (κ1) is 11.2. The summed E-state index contributed by atoms with van der Waals surface area (Å²) >= 11 is 0. The highest BCUT2D eigenvalue weighted by atomic mass is 15.0. The standard InChI is InChI=1S/C14H20N2/c1-4-7-16-11(3)10(2)13-8-12(9-15)5-6-14(13)16/h5-6,8H,4,7,9,15H2,1-3H3. The van der Waals surface area contributed by atoms with Crippen molar-refractivity contribution in [2.75, 3.05) is 0 Å². The van der Waals surface area contributed by atoms with Gasteiger partial charge in [0.05, 0.1) is 0 Å². The molecule has 0 aliphatic heterocycles. The lowest BCUT2D eigenvalue weighted by atomic mass is 10.1. The van der Waals surface area contributed by atoms with E-state index >= 15 is 0 Å². The Hall–Kier alpha value is -1.28. The zero-order valence-electron chi connectivity index (χ0n) is 10.4. The molecule has 0 unspecified atom stereocenters. The summed E-state index contributed by atoms with van der Waals surface area (Å²) in [7, 11) is 0. The molecule has 2 N–H and O–H groups in total. The van der Waals surface area contributed by atoms with Crippen molar-refractivity contribution < 1.29 is 0 Å². The molecule has 0 spiro atoms. The van der Waals surface area contributed by atoms with Gasteiger partial charge in [-0.25, -0.2) is 0 Å².